The van der Waals surface area contributed by atoms with Gasteiger partial charge in [0.2, 0.25) is 18.6 Å². The van der Waals surface area contributed by atoms with Crippen molar-refractivity contribution in [1.29, 1.82) is 0 Å². The number of ether oxygens (including phenoxy) is 2. The third kappa shape index (κ3) is 6.47. The summed E-state index contributed by atoms with van der Waals surface area (Å²) in [6.07, 6.45) is 2.80. The Kier molecular flexibility index (Phi) is 8.35. The third-order valence-electron chi connectivity index (χ3n) is 5.33. The second-order valence-corrected chi connectivity index (χ2v) is 8.57. The number of amides is 2. The van der Waals surface area contributed by atoms with Gasteiger partial charge in [-0.15, -0.1) is 0 Å². The van der Waals surface area contributed by atoms with E-state index in [9.17, 15) is 9.59 Å². The summed E-state index contributed by atoms with van der Waals surface area (Å²) in [5, 5.41) is 2.94. The van der Waals surface area contributed by atoms with Gasteiger partial charge in [0.25, 0.3) is 0 Å². The topological polar surface area (TPSA) is 67.9 Å². The number of unbranched alkanes of at least 4 members (excludes halogenated alkanes) is 1. The fourth-order valence-corrected chi connectivity index (χ4v) is 3.66. The molecule has 0 spiro atoms. The Labute approximate surface area is 192 Å². The van der Waals surface area contributed by atoms with Gasteiger partial charge in [-0.3, -0.25) is 9.59 Å². The van der Waals surface area contributed by atoms with Crippen LogP contribution in [0.5, 0.6) is 11.5 Å². The molecule has 0 aliphatic carbocycles. The first-order valence-corrected chi connectivity index (χ1v) is 11.5. The van der Waals surface area contributed by atoms with E-state index in [1.54, 1.807) is 11.8 Å². The highest BCUT2D eigenvalue weighted by Gasteiger charge is 2.26. The molecular formula is C24H29BrN2O4. The Morgan fingerprint density at radius 2 is 1.81 bits per heavy atom. The summed E-state index contributed by atoms with van der Waals surface area (Å²) in [6, 6.07) is 13.0. The summed E-state index contributed by atoms with van der Waals surface area (Å²) in [7, 11) is 0. The summed E-state index contributed by atoms with van der Waals surface area (Å²) >= 11 is 3.44. The Morgan fingerprint density at radius 3 is 2.55 bits per heavy atom. The number of rotatable bonds is 10. The van der Waals surface area contributed by atoms with Crippen molar-refractivity contribution in [1.82, 2.24) is 10.2 Å². The number of fused-ring (bicyclic) bond motifs is 1. The Morgan fingerprint density at radius 1 is 1.10 bits per heavy atom. The van der Waals surface area contributed by atoms with Gasteiger partial charge in [0.15, 0.2) is 11.5 Å². The normalized spacial score (nSPS) is 13.0. The van der Waals surface area contributed by atoms with E-state index in [-0.39, 0.29) is 18.6 Å². The summed E-state index contributed by atoms with van der Waals surface area (Å²) in [5.74, 6) is 1.25. The van der Waals surface area contributed by atoms with Crippen LogP contribution in [0.15, 0.2) is 46.9 Å². The van der Waals surface area contributed by atoms with Crippen molar-refractivity contribution >= 4 is 27.7 Å². The first-order valence-electron chi connectivity index (χ1n) is 10.7. The number of aryl methyl sites for hydroxylation is 1. The molecule has 0 saturated heterocycles. The largest absolute Gasteiger partial charge is 0.454 e. The lowest BCUT2D eigenvalue weighted by Crippen LogP contribution is -2.47. The number of halogens is 1. The molecule has 0 aromatic heterocycles. The predicted molar refractivity (Wildman–Crippen MR) is 123 cm³/mol. The second kappa shape index (κ2) is 11.2. The van der Waals surface area contributed by atoms with E-state index < -0.39 is 6.04 Å². The number of carbonyl (C=O) groups excluding carboxylic acids is 2. The number of nitrogens with zero attached hydrogens (tertiary/aromatic N) is 1. The van der Waals surface area contributed by atoms with E-state index in [0.29, 0.717) is 31.7 Å². The van der Waals surface area contributed by atoms with Crippen molar-refractivity contribution in [2.24, 2.45) is 0 Å². The number of nitrogens with one attached hydrogen (secondary N) is 1. The molecule has 0 saturated carbocycles. The third-order valence-corrected chi connectivity index (χ3v) is 5.86. The summed E-state index contributed by atoms with van der Waals surface area (Å²) in [5.41, 5.74) is 1.98. The SMILES string of the molecule is CCCCNC(=O)[C@H](C)N(Cc1ccc(Br)cc1)C(=O)CCc1ccc2c(c1)OCO2. The van der Waals surface area contributed by atoms with Gasteiger partial charge in [0, 0.05) is 24.0 Å². The molecule has 2 aromatic carbocycles. The van der Waals surface area contributed by atoms with E-state index in [1.165, 1.54) is 0 Å². The first-order chi connectivity index (χ1) is 15.0. The Bertz CT molecular complexity index is 901. The minimum Gasteiger partial charge on any atom is -0.454 e. The van der Waals surface area contributed by atoms with E-state index in [4.69, 9.17) is 9.47 Å². The van der Waals surface area contributed by atoms with Gasteiger partial charge >= 0.3 is 0 Å². The van der Waals surface area contributed by atoms with Crippen LogP contribution in [0, 0.1) is 0 Å². The van der Waals surface area contributed by atoms with Crippen molar-refractivity contribution in [2.75, 3.05) is 13.3 Å². The molecule has 0 bridgehead atoms. The summed E-state index contributed by atoms with van der Waals surface area (Å²) in [4.78, 5) is 27.5. The van der Waals surface area contributed by atoms with E-state index in [2.05, 4.69) is 28.2 Å². The molecule has 1 atom stereocenters. The number of hydrogen-bond acceptors (Lipinski definition) is 4. The molecule has 7 heteroatoms. The maximum absolute atomic E-state index is 13.2. The molecule has 3 rings (SSSR count). The standard InChI is InChI=1S/C24H29BrN2O4/c1-3-4-13-26-24(29)17(2)27(15-19-5-9-20(25)10-6-19)23(28)12-8-18-7-11-21-22(14-18)31-16-30-21/h5-7,9-11,14,17H,3-4,8,12-13,15-16H2,1-2H3,(H,26,29)/t17-/m0/s1. The van der Waals surface area contributed by atoms with Crippen molar-refractivity contribution in [2.45, 2.75) is 52.1 Å². The molecule has 2 aromatic rings. The van der Waals surface area contributed by atoms with Gasteiger partial charge in [0.1, 0.15) is 6.04 Å². The average molecular weight is 489 g/mol. The quantitative estimate of drug-likeness (QED) is 0.501. The van der Waals surface area contributed by atoms with Crippen molar-refractivity contribution in [3.63, 3.8) is 0 Å². The molecule has 6 nitrogen and oxygen atoms in total. The zero-order valence-corrected chi connectivity index (χ0v) is 19.6. The van der Waals surface area contributed by atoms with Crippen LogP contribution in [0.2, 0.25) is 0 Å². The zero-order chi connectivity index (χ0) is 22.2. The van der Waals surface area contributed by atoms with Crippen LogP contribution in [0.3, 0.4) is 0 Å². The lowest BCUT2D eigenvalue weighted by Gasteiger charge is -2.29. The van der Waals surface area contributed by atoms with Crippen LogP contribution < -0.4 is 14.8 Å². The smallest absolute Gasteiger partial charge is 0.242 e. The minimum absolute atomic E-state index is 0.0567. The molecule has 1 aliphatic heterocycles. The molecule has 166 valence electrons. The Balaban J connectivity index is 1.68. The van der Waals surface area contributed by atoms with E-state index in [0.717, 1.165) is 34.2 Å². The number of hydrogen-bond donors (Lipinski definition) is 1. The molecule has 31 heavy (non-hydrogen) atoms. The summed E-state index contributed by atoms with van der Waals surface area (Å²) in [6.45, 7) is 5.10. The molecule has 1 aliphatic rings. The van der Waals surface area contributed by atoms with Crippen LogP contribution in [0.25, 0.3) is 0 Å². The second-order valence-electron chi connectivity index (χ2n) is 7.66. The fourth-order valence-electron chi connectivity index (χ4n) is 3.40. The highest BCUT2D eigenvalue weighted by Crippen LogP contribution is 2.32. The van der Waals surface area contributed by atoms with Crippen LogP contribution in [0.1, 0.15) is 44.2 Å². The molecule has 2 amide bonds. The van der Waals surface area contributed by atoms with Crippen molar-refractivity contribution in [3.8, 4) is 11.5 Å². The van der Waals surface area contributed by atoms with Gasteiger partial charge < -0.3 is 19.7 Å². The molecule has 0 radical (unpaired) electrons. The van der Waals surface area contributed by atoms with E-state index >= 15 is 0 Å². The van der Waals surface area contributed by atoms with Gasteiger partial charge in [-0.2, -0.15) is 0 Å². The molecule has 0 unspecified atom stereocenters. The van der Waals surface area contributed by atoms with Crippen LogP contribution in [-0.4, -0.2) is 36.1 Å². The highest BCUT2D eigenvalue weighted by atomic mass is 79.9. The van der Waals surface area contributed by atoms with Gasteiger partial charge in [-0.25, -0.2) is 0 Å². The lowest BCUT2D eigenvalue weighted by molar-refractivity contribution is -0.140. The number of benzene rings is 2. The van der Waals surface area contributed by atoms with Crippen molar-refractivity contribution in [3.05, 3.63) is 58.1 Å². The maximum Gasteiger partial charge on any atom is 0.242 e. The van der Waals surface area contributed by atoms with Crippen LogP contribution in [0.4, 0.5) is 0 Å². The summed E-state index contributed by atoms with van der Waals surface area (Å²) < 4.78 is 11.7. The van der Waals surface area contributed by atoms with Gasteiger partial charge in [-0.1, -0.05) is 47.5 Å². The van der Waals surface area contributed by atoms with E-state index in [1.807, 2.05) is 42.5 Å². The maximum atomic E-state index is 13.2. The van der Waals surface area contributed by atoms with Gasteiger partial charge in [-0.05, 0) is 55.2 Å². The molecule has 0 fully saturated rings. The Hall–Kier alpha value is -2.54. The zero-order valence-electron chi connectivity index (χ0n) is 18.0. The van der Waals surface area contributed by atoms with Gasteiger partial charge in [0.05, 0.1) is 0 Å². The fraction of sp³-hybridized carbons (Fsp3) is 0.417. The highest BCUT2D eigenvalue weighted by molar-refractivity contribution is 9.10. The minimum atomic E-state index is -0.551. The monoisotopic (exact) mass is 488 g/mol. The van der Waals surface area contributed by atoms with Crippen LogP contribution >= 0.6 is 15.9 Å². The van der Waals surface area contributed by atoms with Crippen molar-refractivity contribution < 1.29 is 19.1 Å². The first kappa shape index (κ1) is 23.1. The predicted octanol–water partition coefficient (Wildman–Crippen LogP) is 4.44. The molecular weight excluding hydrogens is 460 g/mol. The average Bonchev–Trinajstić information content (AvgIpc) is 3.24. The van der Waals surface area contributed by atoms with Crippen LogP contribution in [-0.2, 0) is 22.6 Å². The number of carbonyl (C=O) groups is 2. The molecule has 1 N–H and O–H groups in total. The lowest BCUT2D eigenvalue weighted by atomic mass is 10.1. The molecule has 1 heterocycles.